The lowest BCUT2D eigenvalue weighted by Gasteiger charge is -2.40. The second kappa shape index (κ2) is 4.80. The molecule has 0 amide bonds. The molecule has 1 fully saturated rings. The van der Waals surface area contributed by atoms with Gasteiger partial charge in [0.1, 0.15) is 5.75 Å². The highest BCUT2D eigenvalue weighted by atomic mass is 16.5. The second-order valence-corrected chi connectivity index (χ2v) is 6.86. The number of rotatable bonds is 3. The van der Waals surface area contributed by atoms with Gasteiger partial charge in [-0.05, 0) is 47.9 Å². The number of aryl methyl sites for hydroxylation is 1. The van der Waals surface area contributed by atoms with Gasteiger partial charge in [0.05, 0.1) is 12.5 Å². The molecule has 1 aromatic rings. The average molecular weight is 276 g/mol. The fraction of sp³-hybridized carbons (Fsp3) is 0.588. The Bertz CT molecular complexity index is 534. The highest BCUT2D eigenvalue weighted by molar-refractivity contribution is 5.83. The van der Waals surface area contributed by atoms with Gasteiger partial charge in [0.15, 0.2) is 0 Å². The van der Waals surface area contributed by atoms with Crippen LogP contribution in [-0.4, -0.2) is 18.2 Å². The van der Waals surface area contributed by atoms with Crippen LogP contribution in [0.5, 0.6) is 5.75 Å². The number of benzene rings is 1. The molecule has 1 N–H and O–H groups in total. The molecule has 0 aliphatic heterocycles. The number of carbonyl (C=O) groups is 1. The van der Waals surface area contributed by atoms with Crippen molar-refractivity contribution in [1.29, 1.82) is 0 Å². The molecule has 0 radical (unpaired) electrons. The Hall–Kier alpha value is -1.51. The molecular weight excluding hydrogens is 252 g/mol. The van der Waals surface area contributed by atoms with Crippen molar-refractivity contribution in [3.63, 3.8) is 0 Å². The predicted molar refractivity (Wildman–Crippen MR) is 79.6 cm³/mol. The summed E-state index contributed by atoms with van der Waals surface area (Å²) in [6.45, 7) is 8.42. The summed E-state index contributed by atoms with van der Waals surface area (Å²) in [6.07, 6.45) is 2.43. The summed E-state index contributed by atoms with van der Waals surface area (Å²) >= 11 is 0. The van der Waals surface area contributed by atoms with Gasteiger partial charge in [-0.15, -0.1) is 0 Å². The summed E-state index contributed by atoms with van der Waals surface area (Å²) in [4.78, 5) is 11.7. The van der Waals surface area contributed by atoms with Gasteiger partial charge in [0.2, 0.25) is 0 Å². The summed E-state index contributed by atoms with van der Waals surface area (Å²) in [5.74, 6) is 0.0861. The lowest BCUT2D eigenvalue weighted by molar-refractivity contribution is -0.147. The van der Waals surface area contributed by atoms with E-state index in [9.17, 15) is 9.90 Å². The first-order chi connectivity index (χ1) is 9.22. The molecule has 3 nitrogen and oxygen atoms in total. The monoisotopic (exact) mass is 276 g/mol. The van der Waals surface area contributed by atoms with Crippen LogP contribution in [-0.2, 0) is 15.6 Å². The summed E-state index contributed by atoms with van der Waals surface area (Å²) in [6, 6.07) is 4.04. The molecular formula is C17H24O3. The van der Waals surface area contributed by atoms with Crippen molar-refractivity contribution in [2.75, 3.05) is 7.11 Å². The van der Waals surface area contributed by atoms with Gasteiger partial charge < -0.3 is 9.84 Å². The van der Waals surface area contributed by atoms with E-state index >= 15 is 0 Å². The zero-order valence-electron chi connectivity index (χ0n) is 13.0. The Morgan fingerprint density at radius 3 is 2.25 bits per heavy atom. The summed E-state index contributed by atoms with van der Waals surface area (Å²) in [5.41, 5.74) is 2.37. The van der Waals surface area contributed by atoms with Crippen LogP contribution in [0.1, 0.15) is 56.7 Å². The van der Waals surface area contributed by atoms with E-state index in [0.717, 1.165) is 41.7 Å². The standard InChI is InChI=1S/C17H24O3/c1-11-9-13(16(2,3)4)14(20-5)10-12(11)17(15(18)19)7-6-8-17/h9-10H,6-8H2,1-5H3,(H,18,19). The van der Waals surface area contributed by atoms with Gasteiger partial charge >= 0.3 is 5.97 Å². The third kappa shape index (κ3) is 2.19. The molecule has 1 aromatic carbocycles. The Balaban J connectivity index is 2.60. The van der Waals surface area contributed by atoms with Crippen LogP contribution < -0.4 is 4.74 Å². The molecule has 1 aliphatic carbocycles. The predicted octanol–water partition coefficient (Wildman–Crippen LogP) is 3.81. The molecule has 0 atom stereocenters. The highest BCUT2D eigenvalue weighted by Gasteiger charge is 2.47. The minimum absolute atomic E-state index is 0.0232. The van der Waals surface area contributed by atoms with E-state index in [4.69, 9.17) is 4.74 Å². The number of ether oxygens (including phenoxy) is 1. The van der Waals surface area contributed by atoms with Crippen molar-refractivity contribution in [3.05, 3.63) is 28.8 Å². The van der Waals surface area contributed by atoms with Crippen LogP contribution >= 0.6 is 0 Å². The maximum atomic E-state index is 11.7. The molecule has 0 unspecified atom stereocenters. The minimum atomic E-state index is -0.711. The van der Waals surface area contributed by atoms with E-state index in [1.807, 2.05) is 13.0 Å². The third-order valence-electron chi connectivity index (χ3n) is 4.49. The van der Waals surface area contributed by atoms with Gasteiger partial charge in [0, 0.05) is 0 Å². The van der Waals surface area contributed by atoms with Crippen LogP contribution in [0.15, 0.2) is 12.1 Å². The van der Waals surface area contributed by atoms with Crippen LogP contribution in [0.3, 0.4) is 0 Å². The van der Waals surface area contributed by atoms with E-state index in [1.54, 1.807) is 7.11 Å². The molecule has 0 saturated heterocycles. The summed E-state index contributed by atoms with van der Waals surface area (Å²) in [5, 5.41) is 9.61. The second-order valence-electron chi connectivity index (χ2n) is 6.86. The molecule has 2 rings (SSSR count). The smallest absolute Gasteiger partial charge is 0.314 e. The highest BCUT2D eigenvalue weighted by Crippen LogP contribution is 2.47. The molecule has 20 heavy (non-hydrogen) atoms. The number of aliphatic carboxylic acids is 1. The Kier molecular flexibility index (Phi) is 3.57. The zero-order valence-corrected chi connectivity index (χ0v) is 13.0. The Morgan fingerprint density at radius 1 is 1.30 bits per heavy atom. The van der Waals surface area contributed by atoms with E-state index in [-0.39, 0.29) is 5.41 Å². The molecule has 0 spiro atoms. The third-order valence-corrected chi connectivity index (χ3v) is 4.49. The van der Waals surface area contributed by atoms with Gasteiger partial charge in [-0.1, -0.05) is 33.3 Å². The van der Waals surface area contributed by atoms with Crippen molar-refractivity contribution < 1.29 is 14.6 Å². The van der Waals surface area contributed by atoms with Crippen LogP contribution in [0, 0.1) is 6.92 Å². The fourth-order valence-corrected chi connectivity index (χ4v) is 3.09. The largest absolute Gasteiger partial charge is 0.496 e. The molecule has 3 heteroatoms. The van der Waals surface area contributed by atoms with Gasteiger partial charge in [-0.25, -0.2) is 0 Å². The zero-order chi connectivity index (χ0) is 15.1. The Labute approximate surface area is 121 Å². The summed E-state index contributed by atoms with van der Waals surface area (Å²) in [7, 11) is 1.65. The molecule has 110 valence electrons. The number of hydrogen-bond acceptors (Lipinski definition) is 2. The van der Waals surface area contributed by atoms with E-state index < -0.39 is 11.4 Å². The number of hydrogen-bond donors (Lipinski definition) is 1. The lowest BCUT2D eigenvalue weighted by Crippen LogP contribution is -2.43. The first-order valence-corrected chi connectivity index (χ1v) is 7.15. The van der Waals surface area contributed by atoms with Gasteiger partial charge in [0.25, 0.3) is 0 Å². The first kappa shape index (κ1) is 14.9. The topological polar surface area (TPSA) is 46.5 Å². The van der Waals surface area contributed by atoms with Crippen molar-refractivity contribution in [2.24, 2.45) is 0 Å². The van der Waals surface area contributed by atoms with E-state index in [1.165, 1.54) is 0 Å². The molecule has 1 saturated carbocycles. The number of methoxy groups -OCH3 is 1. The molecule has 0 aromatic heterocycles. The summed E-state index contributed by atoms with van der Waals surface area (Å²) < 4.78 is 5.52. The SMILES string of the molecule is COc1cc(C2(C(=O)O)CCC2)c(C)cc1C(C)(C)C. The van der Waals surface area contributed by atoms with Gasteiger partial charge in [-0.2, -0.15) is 0 Å². The molecule has 0 bridgehead atoms. The van der Waals surface area contributed by atoms with Crippen molar-refractivity contribution >= 4 is 5.97 Å². The minimum Gasteiger partial charge on any atom is -0.496 e. The number of carboxylic acid groups (broad SMARTS) is 1. The van der Waals surface area contributed by atoms with Gasteiger partial charge in [-0.3, -0.25) is 4.79 Å². The Morgan fingerprint density at radius 2 is 1.90 bits per heavy atom. The molecule has 1 aliphatic rings. The normalized spacial score (nSPS) is 17.4. The van der Waals surface area contributed by atoms with E-state index in [0.29, 0.717) is 0 Å². The first-order valence-electron chi connectivity index (χ1n) is 7.15. The average Bonchev–Trinajstić information content (AvgIpc) is 2.27. The van der Waals surface area contributed by atoms with Crippen LogP contribution in [0.25, 0.3) is 0 Å². The lowest BCUT2D eigenvalue weighted by atomic mass is 9.63. The maximum absolute atomic E-state index is 11.7. The maximum Gasteiger partial charge on any atom is 0.314 e. The van der Waals surface area contributed by atoms with E-state index in [2.05, 4.69) is 26.8 Å². The quantitative estimate of drug-likeness (QED) is 0.913. The fourth-order valence-electron chi connectivity index (χ4n) is 3.09. The van der Waals surface area contributed by atoms with Crippen molar-refractivity contribution in [1.82, 2.24) is 0 Å². The van der Waals surface area contributed by atoms with Crippen LogP contribution in [0.4, 0.5) is 0 Å². The van der Waals surface area contributed by atoms with Crippen molar-refractivity contribution in [3.8, 4) is 5.75 Å². The van der Waals surface area contributed by atoms with Crippen molar-refractivity contribution in [2.45, 2.75) is 57.8 Å². The number of carboxylic acids is 1. The van der Waals surface area contributed by atoms with Crippen LogP contribution in [0.2, 0.25) is 0 Å². The molecule has 0 heterocycles.